The van der Waals surface area contributed by atoms with Gasteiger partial charge in [-0.05, 0) is 70.3 Å². The lowest BCUT2D eigenvalue weighted by atomic mass is 10.1. The molecule has 1 N–H and O–H groups in total. The van der Waals surface area contributed by atoms with Crippen LogP contribution in [0.2, 0.25) is 0 Å². The minimum atomic E-state index is -0.742. The van der Waals surface area contributed by atoms with Gasteiger partial charge in [0.15, 0.2) is 23.9 Å². The van der Waals surface area contributed by atoms with Crippen molar-refractivity contribution < 1.29 is 28.5 Å². The number of rotatable bonds is 33. The van der Waals surface area contributed by atoms with E-state index in [-0.39, 0.29) is 30.0 Å². The number of carbonyl (C=O) groups excluding carboxylic acids is 2. The molecular formula is C45H75N3O6. The SMILES string of the molecule is CCCCCCCC/C=C/CCCCCCCC(=O)OC[C@H]1O[C@@H]2[C@@H](Oc3nc(=N)ccn32)[C@@H]1OC(=O)CCCCCCC/C=C/CCCCCCCC. The molecule has 0 saturated carbocycles. The fourth-order valence-electron chi connectivity index (χ4n) is 7.29. The summed E-state index contributed by atoms with van der Waals surface area (Å²) in [6.07, 6.45) is 40.4. The molecule has 9 nitrogen and oxygen atoms in total. The summed E-state index contributed by atoms with van der Waals surface area (Å²) in [4.78, 5) is 29.8. The molecule has 9 heteroatoms. The quantitative estimate of drug-likeness (QED) is 0.0432. The van der Waals surface area contributed by atoms with E-state index < -0.39 is 24.5 Å². The summed E-state index contributed by atoms with van der Waals surface area (Å²) in [7, 11) is 0. The molecule has 2 aliphatic heterocycles. The first kappa shape index (κ1) is 45.4. The molecule has 1 aromatic heterocycles. The molecule has 1 fully saturated rings. The van der Waals surface area contributed by atoms with Crippen molar-refractivity contribution in [3.63, 3.8) is 0 Å². The number of allylic oxidation sites excluding steroid dienone is 4. The third-order valence-electron chi connectivity index (χ3n) is 10.6. The van der Waals surface area contributed by atoms with Gasteiger partial charge in [0, 0.05) is 19.0 Å². The van der Waals surface area contributed by atoms with Crippen molar-refractivity contribution in [2.45, 2.75) is 218 Å². The number of hydrogen-bond acceptors (Lipinski definition) is 8. The second kappa shape index (κ2) is 29.4. The van der Waals surface area contributed by atoms with E-state index in [0.29, 0.717) is 12.8 Å². The molecule has 2 aliphatic rings. The zero-order valence-corrected chi connectivity index (χ0v) is 34.1. The predicted molar refractivity (Wildman–Crippen MR) is 216 cm³/mol. The molecule has 4 atom stereocenters. The van der Waals surface area contributed by atoms with Crippen LogP contribution in [0.25, 0.3) is 0 Å². The lowest BCUT2D eigenvalue weighted by Crippen LogP contribution is -2.40. The topological polar surface area (TPSA) is 113 Å². The molecule has 0 spiro atoms. The normalized spacial score (nSPS) is 19.0. The van der Waals surface area contributed by atoms with Crippen molar-refractivity contribution in [2.24, 2.45) is 0 Å². The maximum atomic E-state index is 13.0. The fourth-order valence-corrected chi connectivity index (χ4v) is 7.29. The van der Waals surface area contributed by atoms with Crippen molar-refractivity contribution in [3.8, 4) is 6.01 Å². The molecule has 306 valence electrons. The molecule has 0 aliphatic carbocycles. The molecule has 1 saturated heterocycles. The molecule has 54 heavy (non-hydrogen) atoms. The standard InChI is InChI=1S/C45H75N3O6/c1-3-5-7-9-11-13-15-17-19-21-23-25-27-29-31-33-40(49)51-37-38-42(43-44(52-38)48-36-35-39(46)47-45(48)54-43)53-41(50)34-32-30-28-26-24-22-20-18-16-14-12-10-8-6-4-2/h17-20,35-36,38,42-44,46H,3-16,21-34,37H2,1-2H3/b19-17+,20-18+,46-39?/t38-,42-,43+,44-/m1/s1. The van der Waals surface area contributed by atoms with Gasteiger partial charge in [-0.25, -0.2) is 0 Å². The third-order valence-corrected chi connectivity index (χ3v) is 10.6. The first-order chi connectivity index (χ1) is 26.5. The van der Waals surface area contributed by atoms with Gasteiger partial charge in [0.05, 0.1) is 0 Å². The van der Waals surface area contributed by atoms with E-state index in [1.807, 2.05) is 0 Å². The highest BCUT2D eigenvalue weighted by Crippen LogP contribution is 2.40. The fraction of sp³-hybridized carbons (Fsp3) is 0.778. The Hall–Kier alpha value is -2.94. The van der Waals surface area contributed by atoms with Crippen LogP contribution >= 0.6 is 0 Å². The molecule has 1 aromatic rings. The van der Waals surface area contributed by atoms with E-state index in [1.165, 1.54) is 109 Å². The summed E-state index contributed by atoms with van der Waals surface area (Å²) in [5.74, 6) is -0.564. The molecule has 0 radical (unpaired) electrons. The van der Waals surface area contributed by atoms with Crippen molar-refractivity contribution in [1.82, 2.24) is 9.55 Å². The van der Waals surface area contributed by atoms with Gasteiger partial charge >= 0.3 is 17.9 Å². The second-order valence-corrected chi connectivity index (χ2v) is 15.5. The van der Waals surface area contributed by atoms with Gasteiger partial charge in [-0.3, -0.25) is 19.6 Å². The van der Waals surface area contributed by atoms with Gasteiger partial charge in [0.1, 0.15) is 12.7 Å². The smallest absolute Gasteiger partial charge is 0.306 e. The Morgan fingerprint density at radius 1 is 0.685 bits per heavy atom. The van der Waals surface area contributed by atoms with Crippen molar-refractivity contribution >= 4 is 11.9 Å². The molecule has 0 bridgehead atoms. The van der Waals surface area contributed by atoms with Crippen LogP contribution in [-0.4, -0.2) is 46.4 Å². The van der Waals surface area contributed by atoms with Gasteiger partial charge in [0.25, 0.3) is 0 Å². The Kier molecular flexibility index (Phi) is 24.7. The summed E-state index contributed by atoms with van der Waals surface area (Å²) in [6, 6.07) is 1.82. The van der Waals surface area contributed by atoms with Gasteiger partial charge in [0.2, 0.25) is 0 Å². The molecular weight excluding hydrogens is 679 g/mol. The van der Waals surface area contributed by atoms with E-state index in [4.69, 9.17) is 24.4 Å². The number of unbranched alkanes of at least 4 members (excludes halogenated alkanes) is 22. The van der Waals surface area contributed by atoms with E-state index in [1.54, 1.807) is 16.8 Å². The maximum Gasteiger partial charge on any atom is 0.306 e. The van der Waals surface area contributed by atoms with Crippen LogP contribution in [0.1, 0.15) is 200 Å². The number of esters is 2. The monoisotopic (exact) mass is 754 g/mol. The number of aromatic nitrogens is 2. The molecule has 0 unspecified atom stereocenters. The first-order valence-electron chi connectivity index (χ1n) is 22.1. The zero-order chi connectivity index (χ0) is 38.5. The predicted octanol–water partition coefficient (Wildman–Crippen LogP) is 11.6. The lowest BCUT2D eigenvalue weighted by molar-refractivity contribution is -0.160. The number of fused-ring (bicyclic) bond motifs is 3. The van der Waals surface area contributed by atoms with Gasteiger partial charge < -0.3 is 18.9 Å². The second-order valence-electron chi connectivity index (χ2n) is 15.5. The minimum absolute atomic E-state index is 0.00846. The van der Waals surface area contributed by atoms with Crippen LogP contribution < -0.4 is 10.2 Å². The number of nitrogens with zero attached hydrogens (tertiary/aromatic N) is 2. The van der Waals surface area contributed by atoms with Crippen molar-refractivity contribution in [2.75, 3.05) is 6.61 Å². The Morgan fingerprint density at radius 3 is 1.67 bits per heavy atom. The Balaban J connectivity index is 1.28. The van der Waals surface area contributed by atoms with E-state index in [9.17, 15) is 9.59 Å². The van der Waals surface area contributed by atoms with E-state index >= 15 is 0 Å². The molecule has 0 aromatic carbocycles. The van der Waals surface area contributed by atoms with E-state index in [0.717, 1.165) is 57.8 Å². The number of nitrogens with one attached hydrogen (secondary N) is 1. The molecule has 0 amide bonds. The van der Waals surface area contributed by atoms with Gasteiger partial charge in [-0.1, -0.05) is 141 Å². The Bertz CT molecular complexity index is 1260. The summed E-state index contributed by atoms with van der Waals surface area (Å²) in [5.41, 5.74) is 0.0834. The Labute approximate surface area is 327 Å². The summed E-state index contributed by atoms with van der Waals surface area (Å²) in [6.45, 7) is 4.51. The molecule has 3 heterocycles. The average Bonchev–Trinajstić information content (AvgIpc) is 3.68. The van der Waals surface area contributed by atoms with Crippen LogP contribution in [-0.2, 0) is 23.8 Å². The van der Waals surface area contributed by atoms with Crippen LogP contribution in [0, 0.1) is 5.41 Å². The summed E-state index contributed by atoms with van der Waals surface area (Å²) in [5, 5.41) is 7.86. The minimum Gasteiger partial charge on any atom is -0.463 e. The van der Waals surface area contributed by atoms with Crippen molar-refractivity contribution in [1.29, 1.82) is 5.41 Å². The third kappa shape index (κ3) is 19.1. The average molecular weight is 754 g/mol. The van der Waals surface area contributed by atoms with Crippen LogP contribution in [0.3, 0.4) is 0 Å². The lowest BCUT2D eigenvalue weighted by Gasteiger charge is -2.22. The molecule has 3 rings (SSSR count). The van der Waals surface area contributed by atoms with Crippen LogP contribution in [0.5, 0.6) is 6.01 Å². The summed E-state index contributed by atoms with van der Waals surface area (Å²) < 4.78 is 25.6. The van der Waals surface area contributed by atoms with Gasteiger partial charge in [-0.15, -0.1) is 0 Å². The van der Waals surface area contributed by atoms with Crippen molar-refractivity contribution in [3.05, 3.63) is 42.1 Å². The first-order valence-corrected chi connectivity index (χ1v) is 22.1. The number of carbonyl (C=O) groups is 2. The largest absolute Gasteiger partial charge is 0.463 e. The Morgan fingerprint density at radius 2 is 1.15 bits per heavy atom. The number of hydrogen-bond donors (Lipinski definition) is 1. The zero-order valence-electron chi connectivity index (χ0n) is 34.1. The number of ether oxygens (including phenoxy) is 4. The van der Waals surface area contributed by atoms with Crippen LogP contribution in [0.4, 0.5) is 0 Å². The highest BCUT2D eigenvalue weighted by atomic mass is 16.7. The van der Waals surface area contributed by atoms with E-state index in [2.05, 4.69) is 43.1 Å². The maximum absolute atomic E-state index is 13.0. The summed E-state index contributed by atoms with van der Waals surface area (Å²) >= 11 is 0. The van der Waals surface area contributed by atoms with Gasteiger partial charge in [-0.2, -0.15) is 4.98 Å². The highest BCUT2D eigenvalue weighted by Gasteiger charge is 2.54. The van der Waals surface area contributed by atoms with Crippen LogP contribution in [0.15, 0.2) is 36.6 Å². The highest BCUT2D eigenvalue weighted by molar-refractivity contribution is 5.70.